The topological polar surface area (TPSA) is 0 Å². The van der Waals surface area contributed by atoms with E-state index in [4.69, 9.17) is 0 Å². The van der Waals surface area contributed by atoms with E-state index in [1.165, 1.54) is 37.2 Å². The van der Waals surface area contributed by atoms with Gasteiger partial charge in [0.1, 0.15) is 0 Å². The van der Waals surface area contributed by atoms with Crippen LogP contribution in [0.5, 0.6) is 0 Å². The van der Waals surface area contributed by atoms with E-state index in [0.717, 1.165) is 0 Å². The molecule has 1 heteroatoms. The van der Waals surface area contributed by atoms with Crippen LogP contribution < -0.4 is 0 Å². The average molecular weight is 159 g/mol. The molecule has 1 radical (unpaired) electrons. The van der Waals surface area contributed by atoms with Crippen LogP contribution in [0.25, 0.3) is 0 Å². The van der Waals surface area contributed by atoms with Gasteiger partial charge in [0.2, 0.25) is 0 Å². The van der Waals surface area contributed by atoms with Crippen molar-refractivity contribution in [1.82, 2.24) is 0 Å². The van der Waals surface area contributed by atoms with Crippen molar-refractivity contribution in [3.8, 4) is 0 Å². The molecular formula is C9H19S. The van der Waals surface area contributed by atoms with Gasteiger partial charge in [-0.25, -0.2) is 0 Å². The second-order valence-electron chi connectivity index (χ2n) is 2.48. The Kier molecular flexibility index (Phi) is 9.68. The van der Waals surface area contributed by atoms with Crippen molar-refractivity contribution in [3.05, 3.63) is 6.42 Å². The van der Waals surface area contributed by atoms with Crippen LogP contribution in [0.2, 0.25) is 0 Å². The molecule has 0 aromatic heterocycles. The summed E-state index contributed by atoms with van der Waals surface area (Å²) in [6.45, 7) is 4.45. The van der Waals surface area contributed by atoms with Crippen molar-refractivity contribution in [1.29, 1.82) is 0 Å². The average Bonchev–Trinajstić information content (AvgIpc) is 1.97. The van der Waals surface area contributed by atoms with E-state index < -0.39 is 0 Å². The minimum absolute atomic E-state index is 1.22. The summed E-state index contributed by atoms with van der Waals surface area (Å²) in [5, 5.41) is 0. The quantitative estimate of drug-likeness (QED) is 0.512. The van der Waals surface area contributed by atoms with Gasteiger partial charge < -0.3 is 0 Å². The summed E-state index contributed by atoms with van der Waals surface area (Å²) in [6.07, 6.45) is 7.72. The van der Waals surface area contributed by atoms with Crippen molar-refractivity contribution >= 4 is 11.8 Å². The second-order valence-corrected chi connectivity index (χ2v) is 3.63. The van der Waals surface area contributed by atoms with Crippen LogP contribution in [0.4, 0.5) is 0 Å². The van der Waals surface area contributed by atoms with Gasteiger partial charge in [0.15, 0.2) is 0 Å². The summed E-state index contributed by atoms with van der Waals surface area (Å²) in [7, 11) is 0. The maximum absolute atomic E-state index is 2.34. The SMILES string of the molecule is CC[CH]CSCCCCC. The van der Waals surface area contributed by atoms with Crippen molar-refractivity contribution in [2.75, 3.05) is 11.5 Å². The summed E-state index contributed by atoms with van der Waals surface area (Å²) in [5.41, 5.74) is 0. The van der Waals surface area contributed by atoms with E-state index in [0.29, 0.717) is 0 Å². The first-order valence-electron chi connectivity index (χ1n) is 4.31. The molecular weight excluding hydrogens is 140 g/mol. The van der Waals surface area contributed by atoms with Crippen molar-refractivity contribution in [3.63, 3.8) is 0 Å². The van der Waals surface area contributed by atoms with Crippen molar-refractivity contribution in [2.45, 2.75) is 39.5 Å². The molecule has 0 amide bonds. The Balaban J connectivity index is 2.65. The summed E-state index contributed by atoms with van der Waals surface area (Å²) in [5.74, 6) is 2.60. The lowest BCUT2D eigenvalue weighted by Crippen LogP contribution is -1.83. The maximum atomic E-state index is 2.34. The van der Waals surface area contributed by atoms with E-state index >= 15 is 0 Å². The minimum atomic E-state index is 1.22. The lowest BCUT2D eigenvalue weighted by molar-refractivity contribution is 0.778. The molecule has 0 aliphatic heterocycles. The molecule has 0 nitrogen and oxygen atoms in total. The molecule has 0 bridgehead atoms. The second kappa shape index (κ2) is 9.35. The van der Waals surface area contributed by atoms with Gasteiger partial charge in [0.25, 0.3) is 0 Å². The first-order valence-corrected chi connectivity index (χ1v) is 5.46. The van der Waals surface area contributed by atoms with Crippen LogP contribution in [-0.4, -0.2) is 11.5 Å². The summed E-state index contributed by atoms with van der Waals surface area (Å²) >= 11 is 2.06. The molecule has 0 aliphatic carbocycles. The van der Waals surface area contributed by atoms with E-state index in [2.05, 4.69) is 32.0 Å². The highest BCUT2D eigenvalue weighted by atomic mass is 32.2. The largest absolute Gasteiger partial charge is 0.162 e. The van der Waals surface area contributed by atoms with Gasteiger partial charge in [-0.2, -0.15) is 11.8 Å². The Bertz CT molecular complexity index is 44.7. The molecule has 0 N–H and O–H groups in total. The molecule has 0 aromatic rings. The van der Waals surface area contributed by atoms with Gasteiger partial charge in [-0.1, -0.05) is 33.1 Å². The Morgan fingerprint density at radius 3 is 2.60 bits per heavy atom. The highest BCUT2D eigenvalue weighted by Crippen LogP contribution is 2.07. The molecule has 0 unspecified atom stereocenters. The number of hydrogen-bond acceptors (Lipinski definition) is 1. The first kappa shape index (κ1) is 10.3. The van der Waals surface area contributed by atoms with Crippen LogP contribution in [0.1, 0.15) is 39.5 Å². The third kappa shape index (κ3) is 8.35. The molecule has 0 heterocycles. The van der Waals surface area contributed by atoms with Crippen LogP contribution in [0.15, 0.2) is 0 Å². The molecule has 61 valence electrons. The van der Waals surface area contributed by atoms with Crippen LogP contribution in [0, 0.1) is 6.42 Å². The number of unbranched alkanes of at least 4 members (excludes halogenated alkanes) is 3. The molecule has 0 aromatic carbocycles. The zero-order valence-corrected chi connectivity index (χ0v) is 8.04. The van der Waals surface area contributed by atoms with Gasteiger partial charge in [0.05, 0.1) is 0 Å². The van der Waals surface area contributed by atoms with Gasteiger partial charge in [-0.05, 0) is 24.3 Å². The Morgan fingerprint density at radius 2 is 2.00 bits per heavy atom. The van der Waals surface area contributed by atoms with Crippen molar-refractivity contribution < 1.29 is 0 Å². The third-order valence-corrected chi connectivity index (χ3v) is 2.47. The smallest absolute Gasteiger partial charge is 0.00363 e. The molecule has 0 spiro atoms. The monoisotopic (exact) mass is 159 g/mol. The molecule has 0 saturated carbocycles. The van der Waals surface area contributed by atoms with Crippen LogP contribution in [-0.2, 0) is 0 Å². The minimum Gasteiger partial charge on any atom is -0.162 e. The highest BCUT2D eigenvalue weighted by Gasteiger charge is 1.87. The lowest BCUT2D eigenvalue weighted by Gasteiger charge is -1.97. The van der Waals surface area contributed by atoms with Crippen LogP contribution in [0.3, 0.4) is 0 Å². The van der Waals surface area contributed by atoms with E-state index in [-0.39, 0.29) is 0 Å². The number of rotatable bonds is 7. The fourth-order valence-corrected chi connectivity index (χ4v) is 1.72. The van der Waals surface area contributed by atoms with Crippen molar-refractivity contribution in [2.24, 2.45) is 0 Å². The van der Waals surface area contributed by atoms with E-state index in [1.54, 1.807) is 0 Å². The summed E-state index contributed by atoms with van der Waals surface area (Å²) < 4.78 is 0. The Labute approximate surface area is 69.8 Å². The van der Waals surface area contributed by atoms with Gasteiger partial charge >= 0.3 is 0 Å². The number of hydrogen-bond donors (Lipinski definition) is 0. The standard InChI is InChI=1S/C9H19S/c1-3-5-7-9-10-8-6-4-2/h6H,3-5,7-9H2,1-2H3. The van der Waals surface area contributed by atoms with Gasteiger partial charge in [0, 0.05) is 0 Å². The zero-order valence-electron chi connectivity index (χ0n) is 7.23. The highest BCUT2D eigenvalue weighted by molar-refractivity contribution is 7.99. The third-order valence-electron chi connectivity index (χ3n) is 1.42. The predicted octanol–water partition coefficient (Wildman–Crippen LogP) is 3.52. The molecule has 0 aliphatic rings. The fourth-order valence-electron chi connectivity index (χ4n) is 0.739. The normalized spacial score (nSPS) is 10.2. The van der Waals surface area contributed by atoms with Gasteiger partial charge in [-0.15, -0.1) is 0 Å². The molecule has 0 saturated heterocycles. The lowest BCUT2D eigenvalue weighted by atomic mass is 10.3. The van der Waals surface area contributed by atoms with E-state index in [9.17, 15) is 0 Å². The predicted molar refractivity (Wildman–Crippen MR) is 51.4 cm³/mol. The Morgan fingerprint density at radius 1 is 1.20 bits per heavy atom. The van der Waals surface area contributed by atoms with E-state index in [1.807, 2.05) is 0 Å². The number of thioether (sulfide) groups is 1. The molecule has 0 fully saturated rings. The molecule has 0 rings (SSSR count). The van der Waals surface area contributed by atoms with Gasteiger partial charge in [-0.3, -0.25) is 0 Å². The first-order chi connectivity index (χ1) is 4.91. The zero-order chi connectivity index (χ0) is 7.66. The summed E-state index contributed by atoms with van der Waals surface area (Å²) in [6, 6.07) is 0. The Hall–Kier alpha value is 0.350. The maximum Gasteiger partial charge on any atom is -0.00363 e. The molecule has 0 atom stereocenters. The summed E-state index contributed by atoms with van der Waals surface area (Å²) in [4.78, 5) is 0. The fraction of sp³-hybridized carbons (Fsp3) is 0.889. The van der Waals surface area contributed by atoms with Crippen LogP contribution >= 0.6 is 11.8 Å². The molecule has 10 heavy (non-hydrogen) atoms.